The van der Waals surface area contributed by atoms with Crippen molar-refractivity contribution < 1.29 is 0 Å². The maximum absolute atomic E-state index is 5.37. The molecule has 3 nitrogen and oxygen atoms in total. The standard InChI is InChI=1S/C11H15Br2N3/c1-11(2,3)6-4-7(12)9(8(13)5-6)16-10(14)15/h4-5H,1-3H3,(H4,14,15,16). The number of benzene rings is 1. The van der Waals surface area contributed by atoms with E-state index < -0.39 is 0 Å². The van der Waals surface area contributed by atoms with Gasteiger partial charge in [-0.2, -0.15) is 0 Å². The lowest BCUT2D eigenvalue weighted by atomic mass is 9.87. The summed E-state index contributed by atoms with van der Waals surface area (Å²) in [7, 11) is 0. The van der Waals surface area contributed by atoms with E-state index in [1.54, 1.807) is 0 Å². The van der Waals surface area contributed by atoms with Crippen LogP contribution in [0.4, 0.5) is 5.69 Å². The molecule has 0 fully saturated rings. The van der Waals surface area contributed by atoms with Gasteiger partial charge in [0.05, 0.1) is 5.69 Å². The summed E-state index contributed by atoms with van der Waals surface area (Å²) in [4.78, 5) is 4.06. The number of halogens is 2. The van der Waals surface area contributed by atoms with Gasteiger partial charge >= 0.3 is 0 Å². The molecule has 0 radical (unpaired) electrons. The lowest BCUT2D eigenvalue weighted by Gasteiger charge is -2.20. The lowest BCUT2D eigenvalue weighted by Crippen LogP contribution is -2.22. The van der Waals surface area contributed by atoms with Gasteiger partial charge in [-0.3, -0.25) is 0 Å². The molecule has 0 aliphatic heterocycles. The van der Waals surface area contributed by atoms with Crippen molar-refractivity contribution in [1.82, 2.24) is 0 Å². The zero-order chi connectivity index (χ0) is 12.5. The molecule has 0 atom stereocenters. The third kappa shape index (κ3) is 3.22. The Hall–Kier alpha value is -0.550. The molecule has 1 aromatic carbocycles. The predicted octanol–water partition coefficient (Wildman–Crippen LogP) is 3.41. The Morgan fingerprint density at radius 2 is 1.56 bits per heavy atom. The molecule has 0 saturated carbocycles. The van der Waals surface area contributed by atoms with E-state index in [1.165, 1.54) is 5.56 Å². The van der Waals surface area contributed by atoms with E-state index in [9.17, 15) is 0 Å². The first kappa shape index (κ1) is 13.5. The van der Waals surface area contributed by atoms with Gasteiger partial charge in [-0.15, -0.1) is 0 Å². The van der Waals surface area contributed by atoms with Crippen LogP contribution in [0.1, 0.15) is 26.3 Å². The molecule has 0 aliphatic rings. The van der Waals surface area contributed by atoms with Crippen LogP contribution in [0.15, 0.2) is 26.1 Å². The Bertz CT molecular complexity index is 406. The molecule has 88 valence electrons. The highest BCUT2D eigenvalue weighted by atomic mass is 79.9. The number of nitrogens with zero attached hydrogens (tertiary/aromatic N) is 1. The van der Waals surface area contributed by atoms with Crippen molar-refractivity contribution in [3.05, 3.63) is 26.6 Å². The van der Waals surface area contributed by atoms with Crippen molar-refractivity contribution in [2.45, 2.75) is 26.2 Å². The normalized spacial score (nSPS) is 11.3. The van der Waals surface area contributed by atoms with Crippen LogP contribution < -0.4 is 11.5 Å². The van der Waals surface area contributed by atoms with E-state index >= 15 is 0 Å². The van der Waals surface area contributed by atoms with Crippen molar-refractivity contribution in [2.24, 2.45) is 16.5 Å². The zero-order valence-electron chi connectivity index (χ0n) is 9.51. The maximum atomic E-state index is 5.37. The van der Waals surface area contributed by atoms with Crippen molar-refractivity contribution >= 4 is 43.5 Å². The van der Waals surface area contributed by atoms with Gasteiger partial charge in [0, 0.05) is 8.95 Å². The van der Waals surface area contributed by atoms with E-state index in [0.29, 0.717) is 5.69 Å². The Balaban J connectivity index is 3.34. The molecule has 0 aliphatic carbocycles. The summed E-state index contributed by atoms with van der Waals surface area (Å²) in [6, 6.07) is 4.07. The van der Waals surface area contributed by atoms with Gasteiger partial charge < -0.3 is 11.5 Å². The van der Waals surface area contributed by atoms with E-state index in [0.717, 1.165) is 8.95 Å². The maximum Gasteiger partial charge on any atom is 0.191 e. The van der Waals surface area contributed by atoms with Gasteiger partial charge in [0.1, 0.15) is 0 Å². The fourth-order valence-corrected chi connectivity index (χ4v) is 2.60. The molecule has 0 aromatic heterocycles. The van der Waals surface area contributed by atoms with Crippen molar-refractivity contribution in [3.8, 4) is 0 Å². The van der Waals surface area contributed by atoms with Crippen LogP contribution in [0.2, 0.25) is 0 Å². The topological polar surface area (TPSA) is 64.4 Å². The van der Waals surface area contributed by atoms with Crippen LogP contribution in [0.3, 0.4) is 0 Å². The average Bonchev–Trinajstić information content (AvgIpc) is 2.09. The molecule has 1 rings (SSSR count). The number of guanidine groups is 1. The number of nitrogens with two attached hydrogens (primary N) is 2. The van der Waals surface area contributed by atoms with Crippen molar-refractivity contribution in [1.29, 1.82) is 0 Å². The van der Waals surface area contributed by atoms with E-state index in [-0.39, 0.29) is 11.4 Å². The summed E-state index contributed by atoms with van der Waals surface area (Å²) in [5.74, 6) is 0.0462. The summed E-state index contributed by atoms with van der Waals surface area (Å²) >= 11 is 6.94. The van der Waals surface area contributed by atoms with Gasteiger partial charge in [-0.1, -0.05) is 20.8 Å². The third-order valence-electron chi connectivity index (χ3n) is 2.12. The van der Waals surface area contributed by atoms with Crippen LogP contribution in [0, 0.1) is 0 Å². The highest BCUT2D eigenvalue weighted by Crippen LogP contribution is 2.38. The molecule has 5 heteroatoms. The van der Waals surface area contributed by atoms with Crippen LogP contribution in [-0.2, 0) is 5.41 Å². The van der Waals surface area contributed by atoms with Gasteiger partial charge in [0.15, 0.2) is 5.96 Å². The molecule has 0 amide bonds. The molecule has 0 heterocycles. The minimum atomic E-state index is 0.0462. The molecule has 0 saturated heterocycles. The largest absolute Gasteiger partial charge is 0.370 e. The van der Waals surface area contributed by atoms with Crippen LogP contribution in [-0.4, -0.2) is 5.96 Å². The fraction of sp³-hybridized carbons (Fsp3) is 0.364. The van der Waals surface area contributed by atoms with Crippen LogP contribution in [0.25, 0.3) is 0 Å². The van der Waals surface area contributed by atoms with E-state index in [2.05, 4.69) is 57.6 Å². The lowest BCUT2D eigenvalue weighted by molar-refractivity contribution is 0.589. The van der Waals surface area contributed by atoms with E-state index in [4.69, 9.17) is 11.5 Å². The monoisotopic (exact) mass is 347 g/mol. The fourth-order valence-electron chi connectivity index (χ4n) is 1.23. The average molecular weight is 349 g/mol. The molecule has 1 aromatic rings. The molecular formula is C11H15Br2N3. The molecule has 16 heavy (non-hydrogen) atoms. The minimum Gasteiger partial charge on any atom is -0.370 e. The first-order chi connectivity index (χ1) is 7.21. The van der Waals surface area contributed by atoms with Crippen LogP contribution in [0.5, 0.6) is 0 Å². The van der Waals surface area contributed by atoms with Crippen molar-refractivity contribution in [2.75, 3.05) is 0 Å². The van der Waals surface area contributed by atoms with Gasteiger partial charge in [-0.05, 0) is 55.0 Å². The second-order valence-corrected chi connectivity index (χ2v) is 6.28. The first-order valence-electron chi connectivity index (χ1n) is 4.81. The van der Waals surface area contributed by atoms with Crippen molar-refractivity contribution in [3.63, 3.8) is 0 Å². The summed E-state index contributed by atoms with van der Waals surface area (Å²) in [6.45, 7) is 6.46. The van der Waals surface area contributed by atoms with Gasteiger partial charge in [-0.25, -0.2) is 4.99 Å². The SMILES string of the molecule is CC(C)(C)c1cc(Br)c(N=C(N)N)c(Br)c1. The quantitative estimate of drug-likeness (QED) is 0.603. The Kier molecular flexibility index (Phi) is 4.02. The number of rotatable bonds is 1. The summed E-state index contributed by atoms with van der Waals surface area (Å²) in [5, 5.41) is 0. The summed E-state index contributed by atoms with van der Waals surface area (Å²) in [5.41, 5.74) is 12.8. The first-order valence-corrected chi connectivity index (χ1v) is 6.39. The third-order valence-corrected chi connectivity index (χ3v) is 3.33. The Labute approximate surface area is 113 Å². The van der Waals surface area contributed by atoms with Gasteiger partial charge in [0.2, 0.25) is 0 Å². The highest BCUT2D eigenvalue weighted by molar-refractivity contribution is 9.11. The van der Waals surface area contributed by atoms with Crippen LogP contribution >= 0.6 is 31.9 Å². The molecule has 0 bridgehead atoms. The highest BCUT2D eigenvalue weighted by Gasteiger charge is 2.17. The number of aliphatic imine (C=N–C) groups is 1. The number of hydrogen-bond donors (Lipinski definition) is 2. The number of hydrogen-bond acceptors (Lipinski definition) is 1. The molecular weight excluding hydrogens is 334 g/mol. The van der Waals surface area contributed by atoms with E-state index in [1.807, 2.05) is 12.1 Å². The molecule has 4 N–H and O–H groups in total. The second kappa shape index (κ2) is 4.75. The zero-order valence-corrected chi connectivity index (χ0v) is 12.7. The minimum absolute atomic E-state index is 0.0462. The molecule has 0 unspecified atom stereocenters. The Morgan fingerprint density at radius 3 is 1.88 bits per heavy atom. The van der Waals surface area contributed by atoms with Gasteiger partial charge in [0.25, 0.3) is 0 Å². The smallest absolute Gasteiger partial charge is 0.191 e. The summed E-state index contributed by atoms with van der Waals surface area (Å²) in [6.07, 6.45) is 0. The molecule has 0 spiro atoms. The summed E-state index contributed by atoms with van der Waals surface area (Å²) < 4.78 is 1.75. The Morgan fingerprint density at radius 1 is 1.12 bits per heavy atom. The second-order valence-electron chi connectivity index (χ2n) is 4.58. The predicted molar refractivity (Wildman–Crippen MR) is 76.0 cm³/mol.